The lowest BCUT2D eigenvalue weighted by molar-refractivity contribution is 0.322. The molecule has 9 heteroatoms. The molecule has 0 aliphatic carbocycles. The van der Waals surface area contributed by atoms with Crippen LogP contribution in [0.4, 0.5) is 0 Å². The minimum absolute atomic E-state index is 0. The van der Waals surface area contributed by atoms with Gasteiger partial charge in [-0.15, -0.1) is 24.0 Å². The summed E-state index contributed by atoms with van der Waals surface area (Å²) in [6, 6.07) is 7.29. The molecule has 0 radical (unpaired) electrons. The zero-order valence-corrected chi connectivity index (χ0v) is 16.8. The van der Waals surface area contributed by atoms with Gasteiger partial charge in [-0.1, -0.05) is 11.6 Å². The molecule has 2 aromatic rings. The highest BCUT2D eigenvalue weighted by Crippen LogP contribution is 2.15. The van der Waals surface area contributed by atoms with Gasteiger partial charge in [0.05, 0.1) is 6.54 Å². The van der Waals surface area contributed by atoms with Crippen molar-refractivity contribution >= 4 is 41.5 Å². The molecule has 0 spiro atoms. The van der Waals surface area contributed by atoms with Crippen molar-refractivity contribution in [2.24, 2.45) is 12.0 Å². The average Bonchev–Trinajstić information content (AvgIpc) is 2.96. The third-order valence-corrected chi connectivity index (χ3v) is 3.26. The molecule has 0 atom stereocenters. The molecule has 0 amide bonds. The fourth-order valence-corrected chi connectivity index (χ4v) is 1.95. The number of aryl methyl sites for hydroxylation is 1. The minimum atomic E-state index is 0. The molecule has 0 saturated carbocycles. The lowest BCUT2D eigenvalue weighted by atomic mass is 10.3. The number of ether oxygens (including phenoxy) is 1. The first kappa shape index (κ1) is 20.5. The zero-order chi connectivity index (χ0) is 16.5. The van der Waals surface area contributed by atoms with E-state index in [0.29, 0.717) is 24.7 Å². The predicted octanol–water partition coefficient (Wildman–Crippen LogP) is 2.22. The molecule has 1 aromatic heterocycles. The van der Waals surface area contributed by atoms with Crippen LogP contribution in [-0.2, 0) is 13.6 Å². The molecule has 2 N–H and O–H groups in total. The Bertz CT molecular complexity index is 631. The summed E-state index contributed by atoms with van der Waals surface area (Å²) < 4.78 is 7.33. The molecular weight excluding hydrogens is 443 g/mol. The maximum atomic E-state index is 5.83. The van der Waals surface area contributed by atoms with Crippen LogP contribution in [0.15, 0.2) is 35.6 Å². The Kier molecular flexibility index (Phi) is 9.46. The Morgan fingerprint density at radius 2 is 2.04 bits per heavy atom. The predicted molar refractivity (Wildman–Crippen MR) is 106 cm³/mol. The number of nitrogens with zero attached hydrogens (tertiary/aromatic N) is 4. The standard InChI is InChI=1S/C15H21ClN6O.HI/c1-3-17-15(19-10-14-20-11-21-22(14)2)18-8-9-23-13-6-4-12(16)5-7-13;/h4-7,11H,3,8-10H2,1-2H3,(H2,17,18,19);1H. The van der Waals surface area contributed by atoms with Gasteiger partial charge in [0.15, 0.2) is 5.96 Å². The Morgan fingerprint density at radius 1 is 1.29 bits per heavy atom. The van der Waals surface area contributed by atoms with E-state index in [0.717, 1.165) is 24.1 Å². The van der Waals surface area contributed by atoms with E-state index in [4.69, 9.17) is 16.3 Å². The third-order valence-electron chi connectivity index (χ3n) is 3.00. The number of aliphatic imine (C=N–C) groups is 1. The van der Waals surface area contributed by atoms with Crippen molar-refractivity contribution in [1.82, 2.24) is 25.4 Å². The quantitative estimate of drug-likeness (QED) is 0.284. The Labute approximate surface area is 163 Å². The van der Waals surface area contributed by atoms with E-state index in [1.54, 1.807) is 16.8 Å². The van der Waals surface area contributed by atoms with Crippen molar-refractivity contribution in [2.45, 2.75) is 13.5 Å². The van der Waals surface area contributed by atoms with Crippen LogP contribution in [0, 0.1) is 0 Å². The van der Waals surface area contributed by atoms with Crippen LogP contribution in [0.2, 0.25) is 5.02 Å². The molecule has 0 unspecified atom stereocenters. The van der Waals surface area contributed by atoms with Gasteiger partial charge in [0, 0.05) is 18.6 Å². The molecule has 1 heterocycles. The first-order chi connectivity index (χ1) is 11.2. The van der Waals surface area contributed by atoms with Crippen LogP contribution >= 0.6 is 35.6 Å². The highest BCUT2D eigenvalue weighted by molar-refractivity contribution is 14.0. The summed E-state index contributed by atoms with van der Waals surface area (Å²) in [5.74, 6) is 2.31. The smallest absolute Gasteiger partial charge is 0.191 e. The molecule has 24 heavy (non-hydrogen) atoms. The van der Waals surface area contributed by atoms with Crippen molar-refractivity contribution < 1.29 is 4.74 Å². The summed E-state index contributed by atoms with van der Waals surface area (Å²) in [5.41, 5.74) is 0. The second kappa shape index (κ2) is 11.1. The van der Waals surface area contributed by atoms with Crippen LogP contribution in [0.3, 0.4) is 0 Å². The van der Waals surface area contributed by atoms with Crippen molar-refractivity contribution in [3.8, 4) is 5.75 Å². The molecule has 0 aliphatic heterocycles. The van der Waals surface area contributed by atoms with Crippen molar-refractivity contribution in [3.05, 3.63) is 41.4 Å². The molecular formula is C15H22ClIN6O. The molecule has 1 aromatic carbocycles. The van der Waals surface area contributed by atoms with Crippen LogP contribution in [0.5, 0.6) is 5.75 Å². The molecule has 7 nitrogen and oxygen atoms in total. The Hall–Kier alpha value is -1.55. The SMILES string of the molecule is CCNC(=NCc1ncnn1C)NCCOc1ccc(Cl)cc1.I. The summed E-state index contributed by atoms with van der Waals surface area (Å²) in [6.07, 6.45) is 1.52. The van der Waals surface area contributed by atoms with Crippen LogP contribution in [0.1, 0.15) is 12.7 Å². The summed E-state index contributed by atoms with van der Waals surface area (Å²) in [5, 5.41) is 11.1. The summed E-state index contributed by atoms with van der Waals surface area (Å²) in [7, 11) is 1.85. The number of rotatable bonds is 7. The van der Waals surface area contributed by atoms with E-state index in [9.17, 15) is 0 Å². The second-order valence-electron chi connectivity index (χ2n) is 4.72. The van der Waals surface area contributed by atoms with E-state index < -0.39 is 0 Å². The molecule has 0 saturated heterocycles. The monoisotopic (exact) mass is 464 g/mol. The summed E-state index contributed by atoms with van der Waals surface area (Å²) in [6.45, 7) is 4.42. The van der Waals surface area contributed by atoms with Gasteiger partial charge in [-0.05, 0) is 31.2 Å². The third kappa shape index (κ3) is 6.91. The van der Waals surface area contributed by atoms with Gasteiger partial charge >= 0.3 is 0 Å². The van der Waals surface area contributed by atoms with Gasteiger partial charge in [-0.25, -0.2) is 9.98 Å². The van der Waals surface area contributed by atoms with Gasteiger partial charge in [0.1, 0.15) is 31.1 Å². The van der Waals surface area contributed by atoms with Gasteiger partial charge in [-0.2, -0.15) is 5.10 Å². The zero-order valence-electron chi connectivity index (χ0n) is 13.7. The van der Waals surface area contributed by atoms with E-state index in [1.165, 1.54) is 6.33 Å². The van der Waals surface area contributed by atoms with E-state index >= 15 is 0 Å². The van der Waals surface area contributed by atoms with Gasteiger partial charge in [0.25, 0.3) is 0 Å². The van der Waals surface area contributed by atoms with Crippen molar-refractivity contribution in [2.75, 3.05) is 19.7 Å². The van der Waals surface area contributed by atoms with Gasteiger partial charge < -0.3 is 15.4 Å². The highest BCUT2D eigenvalue weighted by atomic mass is 127. The number of halogens is 2. The maximum Gasteiger partial charge on any atom is 0.191 e. The molecule has 2 rings (SSSR count). The Balaban J connectivity index is 0.00000288. The van der Waals surface area contributed by atoms with E-state index in [1.807, 2.05) is 26.1 Å². The maximum absolute atomic E-state index is 5.83. The van der Waals surface area contributed by atoms with Crippen LogP contribution in [-0.4, -0.2) is 40.4 Å². The highest BCUT2D eigenvalue weighted by Gasteiger charge is 2.01. The number of hydrogen-bond acceptors (Lipinski definition) is 4. The van der Waals surface area contributed by atoms with Crippen molar-refractivity contribution in [3.63, 3.8) is 0 Å². The molecule has 132 valence electrons. The van der Waals surface area contributed by atoms with E-state index in [2.05, 4.69) is 25.7 Å². The average molecular weight is 465 g/mol. The number of hydrogen-bond donors (Lipinski definition) is 2. The second-order valence-corrected chi connectivity index (χ2v) is 5.16. The molecule has 0 fully saturated rings. The lowest BCUT2D eigenvalue weighted by Crippen LogP contribution is -2.39. The first-order valence-electron chi connectivity index (χ1n) is 7.42. The number of benzene rings is 1. The number of aromatic nitrogens is 3. The first-order valence-corrected chi connectivity index (χ1v) is 7.80. The van der Waals surface area contributed by atoms with Gasteiger partial charge in [-0.3, -0.25) is 4.68 Å². The normalized spacial score (nSPS) is 10.9. The van der Waals surface area contributed by atoms with Crippen LogP contribution in [0.25, 0.3) is 0 Å². The summed E-state index contributed by atoms with van der Waals surface area (Å²) >= 11 is 5.83. The number of guanidine groups is 1. The van der Waals surface area contributed by atoms with Gasteiger partial charge in [0.2, 0.25) is 0 Å². The topological polar surface area (TPSA) is 76.4 Å². The molecule has 0 bridgehead atoms. The Morgan fingerprint density at radius 3 is 2.67 bits per heavy atom. The summed E-state index contributed by atoms with van der Waals surface area (Å²) in [4.78, 5) is 8.62. The van der Waals surface area contributed by atoms with Crippen molar-refractivity contribution in [1.29, 1.82) is 0 Å². The fraction of sp³-hybridized carbons (Fsp3) is 0.400. The van der Waals surface area contributed by atoms with E-state index in [-0.39, 0.29) is 24.0 Å². The largest absolute Gasteiger partial charge is 0.492 e. The minimum Gasteiger partial charge on any atom is -0.492 e. The number of nitrogens with one attached hydrogen (secondary N) is 2. The molecule has 0 aliphatic rings. The lowest BCUT2D eigenvalue weighted by Gasteiger charge is -2.12. The van der Waals surface area contributed by atoms with Crippen LogP contribution < -0.4 is 15.4 Å². The fourth-order valence-electron chi connectivity index (χ4n) is 1.82.